The molecule has 0 spiro atoms. The van der Waals surface area contributed by atoms with Gasteiger partial charge in [-0.25, -0.2) is 4.98 Å². The lowest BCUT2D eigenvalue weighted by molar-refractivity contribution is 0.103. The number of aromatic nitrogens is 1. The molecular weight excluding hydrogens is 272 g/mol. The molecule has 0 fully saturated rings. The van der Waals surface area contributed by atoms with Gasteiger partial charge in [-0.3, -0.25) is 0 Å². The number of hydrogen-bond acceptors (Lipinski definition) is 4. The summed E-state index contributed by atoms with van der Waals surface area (Å²) in [5, 5.41) is 0.443. The van der Waals surface area contributed by atoms with Gasteiger partial charge in [0.25, 0.3) is 0 Å². The van der Waals surface area contributed by atoms with Crippen LogP contribution in [-0.4, -0.2) is 20.0 Å². The Morgan fingerprint density at radius 2 is 2.22 bits per heavy atom. The number of fused-ring (bicyclic) bond motifs is 1. The van der Waals surface area contributed by atoms with Crippen molar-refractivity contribution in [2.45, 2.75) is 44.6 Å². The minimum atomic E-state index is -1.19. The fourth-order valence-corrected chi connectivity index (χ4v) is 2.73. The maximum Gasteiger partial charge on any atom is 0.201 e. The van der Waals surface area contributed by atoms with E-state index in [4.69, 9.17) is 16.3 Å². The quantitative estimate of drug-likeness (QED) is 0.671. The van der Waals surface area contributed by atoms with Crippen LogP contribution >= 0.6 is 11.6 Å². The number of pyridine rings is 1. The number of hydrogen-bond donors (Lipinski definition) is 1. The Morgan fingerprint density at radius 3 is 2.83 bits per heavy atom. The average Bonchev–Trinajstić information content (AvgIpc) is 2.51. The zero-order valence-electron chi connectivity index (χ0n) is 10.9. The van der Waals surface area contributed by atoms with Gasteiger partial charge in [0.1, 0.15) is 15.6 Å². The van der Waals surface area contributed by atoms with Gasteiger partial charge in [0.05, 0.1) is 6.20 Å². The molecule has 100 valence electrons. The molecular formula is C12H17ClN2O2S. The number of halogens is 1. The average molecular weight is 289 g/mol. The molecule has 2 rings (SSSR count). The summed E-state index contributed by atoms with van der Waals surface area (Å²) < 4.78 is 20.6. The number of nitrogens with one attached hydrogen (secondary N) is 1. The second-order valence-electron chi connectivity index (χ2n) is 5.61. The van der Waals surface area contributed by atoms with Crippen LogP contribution in [0.5, 0.6) is 5.75 Å². The van der Waals surface area contributed by atoms with E-state index in [9.17, 15) is 4.55 Å². The van der Waals surface area contributed by atoms with E-state index in [-0.39, 0.29) is 4.75 Å². The largest absolute Gasteiger partial charge is 0.598 e. The van der Waals surface area contributed by atoms with Gasteiger partial charge in [-0.05, 0) is 33.8 Å². The Bertz CT molecular complexity index is 464. The van der Waals surface area contributed by atoms with E-state index in [1.807, 2.05) is 27.7 Å². The van der Waals surface area contributed by atoms with E-state index in [2.05, 4.69) is 9.71 Å². The molecule has 0 amide bonds. The molecule has 2 heterocycles. The minimum Gasteiger partial charge on any atom is -0.598 e. The number of nitrogens with zero attached hydrogens (tertiary/aromatic N) is 1. The van der Waals surface area contributed by atoms with E-state index in [1.54, 1.807) is 12.3 Å². The lowest BCUT2D eigenvalue weighted by Gasteiger charge is -2.31. The Kier molecular flexibility index (Phi) is 3.53. The van der Waals surface area contributed by atoms with Gasteiger partial charge < -0.3 is 9.29 Å². The Balaban J connectivity index is 2.13. The third-order valence-corrected chi connectivity index (χ3v) is 4.58. The first-order valence-corrected chi connectivity index (χ1v) is 7.25. The van der Waals surface area contributed by atoms with Crippen LogP contribution in [0.2, 0.25) is 5.15 Å². The van der Waals surface area contributed by atoms with Crippen LogP contribution in [0.15, 0.2) is 12.3 Å². The predicted molar refractivity (Wildman–Crippen MR) is 73.0 cm³/mol. The number of ether oxygens (including phenoxy) is 1. The zero-order valence-corrected chi connectivity index (χ0v) is 12.5. The highest BCUT2D eigenvalue weighted by atomic mass is 35.5. The summed E-state index contributed by atoms with van der Waals surface area (Å²) in [4.78, 5) is 3.98. The molecule has 18 heavy (non-hydrogen) atoms. The van der Waals surface area contributed by atoms with Crippen molar-refractivity contribution in [2.75, 3.05) is 0 Å². The summed E-state index contributed by atoms with van der Waals surface area (Å²) in [5.74, 6) is 0.695. The molecule has 4 nitrogen and oxygen atoms in total. The molecule has 0 saturated heterocycles. The van der Waals surface area contributed by atoms with Crippen molar-refractivity contribution in [3.8, 4) is 5.75 Å². The summed E-state index contributed by atoms with van der Waals surface area (Å²) in [6.45, 7) is 7.63. The second kappa shape index (κ2) is 4.56. The van der Waals surface area contributed by atoms with E-state index >= 15 is 0 Å². The van der Waals surface area contributed by atoms with Gasteiger partial charge in [0.15, 0.2) is 0 Å². The van der Waals surface area contributed by atoms with Crippen LogP contribution < -0.4 is 9.46 Å². The van der Waals surface area contributed by atoms with Crippen molar-refractivity contribution in [2.24, 2.45) is 0 Å². The normalized spacial score (nSPS) is 24.6. The highest BCUT2D eigenvalue weighted by Gasteiger charge is 2.42. The molecule has 0 aliphatic carbocycles. The standard InChI is InChI=1S/C12H17ClN2O2S/c1-11(2,3)18(16)15-12(4)6-8-5-10(13)14-7-9(8)17-12/h5,7,15H,6H2,1-4H3. The maximum absolute atomic E-state index is 12.1. The van der Waals surface area contributed by atoms with Crippen LogP contribution in [0.4, 0.5) is 0 Å². The highest BCUT2D eigenvalue weighted by Crippen LogP contribution is 2.35. The Hall–Kier alpha value is -0.490. The van der Waals surface area contributed by atoms with Gasteiger partial charge in [-0.15, -0.1) is 0 Å². The second-order valence-corrected chi connectivity index (χ2v) is 7.96. The third-order valence-electron chi connectivity index (χ3n) is 2.64. The van der Waals surface area contributed by atoms with Crippen LogP contribution in [0.25, 0.3) is 0 Å². The Morgan fingerprint density at radius 1 is 1.56 bits per heavy atom. The summed E-state index contributed by atoms with van der Waals surface area (Å²) in [6, 6.07) is 1.78. The lowest BCUT2D eigenvalue weighted by Crippen LogP contribution is -2.54. The van der Waals surface area contributed by atoms with E-state index < -0.39 is 17.1 Å². The van der Waals surface area contributed by atoms with Crippen LogP contribution in [0, 0.1) is 0 Å². The van der Waals surface area contributed by atoms with E-state index in [0.29, 0.717) is 17.3 Å². The van der Waals surface area contributed by atoms with Gasteiger partial charge in [0, 0.05) is 23.3 Å². The third kappa shape index (κ3) is 2.91. The molecule has 0 aromatic carbocycles. The van der Waals surface area contributed by atoms with Gasteiger partial charge >= 0.3 is 0 Å². The predicted octanol–water partition coefficient (Wildman–Crippen LogP) is 2.44. The van der Waals surface area contributed by atoms with Crippen molar-refractivity contribution < 1.29 is 9.29 Å². The monoisotopic (exact) mass is 288 g/mol. The summed E-state index contributed by atoms with van der Waals surface area (Å²) in [5.41, 5.74) is 0.309. The molecule has 1 aliphatic rings. The first-order valence-electron chi connectivity index (χ1n) is 5.73. The van der Waals surface area contributed by atoms with Crippen molar-refractivity contribution in [1.82, 2.24) is 9.71 Å². The first kappa shape index (κ1) is 13.9. The highest BCUT2D eigenvalue weighted by molar-refractivity contribution is 7.90. The summed E-state index contributed by atoms with van der Waals surface area (Å²) >= 11 is 4.66. The van der Waals surface area contributed by atoms with Gasteiger partial charge in [-0.1, -0.05) is 16.3 Å². The van der Waals surface area contributed by atoms with Crippen LogP contribution in [0.1, 0.15) is 33.3 Å². The summed E-state index contributed by atoms with van der Waals surface area (Å²) in [6.07, 6.45) is 2.22. The van der Waals surface area contributed by atoms with E-state index in [0.717, 1.165) is 5.56 Å². The molecule has 2 unspecified atom stereocenters. The molecule has 0 bridgehead atoms. The van der Waals surface area contributed by atoms with Gasteiger partial charge in [-0.2, -0.15) is 0 Å². The maximum atomic E-state index is 12.1. The smallest absolute Gasteiger partial charge is 0.201 e. The van der Waals surface area contributed by atoms with Crippen LogP contribution in [0.3, 0.4) is 0 Å². The molecule has 1 aliphatic heterocycles. The first-order chi connectivity index (χ1) is 8.20. The molecule has 0 radical (unpaired) electrons. The SMILES string of the molecule is CC1(N[S+]([O-])C(C)(C)C)Cc2cc(Cl)ncc2O1. The minimum absolute atomic E-state index is 0.336. The fraction of sp³-hybridized carbons (Fsp3) is 0.583. The molecule has 6 heteroatoms. The van der Waals surface area contributed by atoms with Crippen LogP contribution in [-0.2, 0) is 17.8 Å². The topological polar surface area (TPSA) is 57.2 Å². The molecule has 1 aromatic heterocycles. The van der Waals surface area contributed by atoms with Crippen molar-refractivity contribution >= 4 is 23.0 Å². The lowest BCUT2D eigenvalue weighted by atomic mass is 10.1. The Labute approximate surface area is 115 Å². The molecule has 0 saturated carbocycles. The van der Waals surface area contributed by atoms with Crippen molar-refractivity contribution in [1.29, 1.82) is 0 Å². The van der Waals surface area contributed by atoms with Crippen molar-refractivity contribution in [3.63, 3.8) is 0 Å². The zero-order chi connectivity index (χ0) is 13.6. The molecule has 1 N–H and O–H groups in total. The van der Waals surface area contributed by atoms with Crippen molar-refractivity contribution in [3.05, 3.63) is 23.0 Å². The fourth-order valence-electron chi connectivity index (χ4n) is 1.73. The van der Waals surface area contributed by atoms with E-state index in [1.165, 1.54) is 0 Å². The molecule has 2 atom stereocenters. The molecule has 1 aromatic rings. The van der Waals surface area contributed by atoms with Gasteiger partial charge in [0.2, 0.25) is 5.72 Å². The summed E-state index contributed by atoms with van der Waals surface area (Å²) in [7, 11) is 0. The number of rotatable bonds is 2.